The van der Waals surface area contributed by atoms with Crippen molar-refractivity contribution >= 4 is 22.9 Å². The lowest BCUT2D eigenvalue weighted by molar-refractivity contribution is -0.117. The molecule has 0 bridgehead atoms. The van der Waals surface area contributed by atoms with Gasteiger partial charge in [-0.3, -0.25) is 4.79 Å². The highest BCUT2D eigenvalue weighted by atomic mass is 32.1. The Bertz CT molecular complexity index is 539. The standard InChI is InChI=1S/C15H18N2OS/c1-15(2,3)10-13(18)17-12-6-4-11(5-7-12)14-16-8-9-19-14/h4-9H,10H2,1-3H3,(H,17,18). The predicted octanol–water partition coefficient (Wildman–Crippen LogP) is 4.18. The number of carbonyl (C=O) groups is 1. The molecule has 0 atom stereocenters. The molecule has 1 N–H and O–H groups in total. The van der Waals surface area contributed by atoms with E-state index < -0.39 is 0 Å². The molecular weight excluding hydrogens is 256 g/mol. The van der Waals surface area contributed by atoms with E-state index in [2.05, 4.69) is 31.1 Å². The van der Waals surface area contributed by atoms with Gasteiger partial charge in [0.15, 0.2) is 0 Å². The van der Waals surface area contributed by atoms with E-state index in [1.165, 1.54) is 0 Å². The molecule has 0 saturated heterocycles. The molecule has 0 fully saturated rings. The number of anilines is 1. The predicted molar refractivity (Wildman–Crippen MR) is 80.3 cm³/mol. The van der Waals surface area contributed by atoms with E-state index in [4.69, 9.17) is 0 Å². The van der Waals surface area contributed by atoms with Gasteiger partial charge in [-0.25, -0.2) is 4.98 Å². The summed E-state index contributed by atoms with van der Waals surface area (Å²) < 4.78 is 0. The van der Waals surface area contributed by atoms with Crippen molar-refractivity contribution in [1.29, 1.82) is 0 Å². The lowest BCUT2D eigenvalue weighted by Gasteiger charge is -2.17. The molecule has 0 spiro atoms. The number of nitrogens with one attached hydrogen (secondary N) is 1. The van der Waals surface area contributed by atoms with Gasteiger partial charge in [0.2, 0.25) is 5.91 Å². The van der Waals surface area contributed by atoms with Crippen LogP contribution in [-0.2, 0) is 4.79 Å². The Balaban J connectivity index is 2.01. The van der Waals surface area contributed by atoms with Crippen LogP contribution in [0.3, 0.4) is 0 Å². The third-order valence-corrected chi connectivity index (χ3v) is 3.36. The number of amides is 1. The first-order valence-electron chi connectivity index (χ1n) is 6.24. The molecule has 2 rings (SSSR count). The van der Waals surface area contributed by atoms with Crippen LogP contribution in [0.15, 0.2) is 35.8 Å². The van der Waals surface area contributed by atoms with Crippen molar-refractivity contribution in [3.63, 3.8) is 0 Å². The minimum atomic E-state index is 0.00487. The number of hydrogen-bond acceptors (Lipinski definition) is 3. The molecule has 0 unspecified atom stereocenters. The van der Waals surface area contributed by atoms with Crippen molar-refractivity contribution in [1.82, 2.24) is 4.98 Å². The molecule has 0 aliphatic heterocycles. The smallest absolute Gasteiger partial charge is 0.224 e. The van der Waals surface area contributed by atoms with Crippen molar-refractivity contribution < 1.29 is 4.79 Å². The minimum Gasteiger partial charge on any atom is -0.326 e. The van der Waals surface area contributed by atoms with Crippen LogP contribution in [0, 0.1) is 5.41 Å². The fourth-order valence-corrected chi connectivity index (χ4v) is 2.39. The largest absolute Gasteiger partial charge is 0.326 e. The molecule has 3 nitrogen and oxygen atoms in total. The molecule has 0 radical (unpaired) electrons. The minimum absolute atomic E-state index is 0.00487. The van der Waals surface area contributed by atoms with Gasteiger partial charge in [0, 0.05) is 29.2 Å². The first-order chi connectivity index (χ1) is 8.94. The summed E-state index contributed by atoms with van der Waals surface area (Å²) in [5, 5.41) is 5.86. The fraction of sp³-hybridized carbons (Fsp3) is 0.333. The quantitative estimate of drug-likeness (QED) is 0.912. The summed E-state index contributed by atoms with van der Waals surface area (Å²) in [5.74, 6) is 0.0505. The molecule has 1 aromatic heterocycles. The summed E-state index contributed by atoms with van der Waals surface area (Å²) in [6.45, 7) is 6.16. The Morgan fingerprint density at radius 1 is 1.26 bits per heavy atom. The van der Waals surface area contributed by atoms with Crippen LogP contribution in [0.5, 0.6) is 0 Å². The average Bonchev–Trinajstić information content (AvgIpc) is 2.80. The number of nitrogens with zero attached hydrogens (tertiary/aromatic N) is 1. The maximum absolute atomic E-state index is 11.8. The summed E-state index contributed by atoms with van der Waals surface area (Å²) in [7, 11) is 0. The third-order valence-electron chi connectivity index (χ3n) is 2.54. The van der Waals surface area contributed by atoms with Crippen molar-refractivity contribution in [3.8, 4) is 10.6 Å². The van der Waals surface area contributed by atoms with Gasteiger partial charge in [0.1, 0.15) is 5.01 Å². The molecule has 0 aliphatic rings. The highest BCUT2D eigenvalue weighted by Crippen LogP contribution is 2.24. The first kappa shape index (κ1) is 13.7. The van der Waals surface area contributed by atoms with E-state index in [9.17, 15) is 4.79 Å². The Labute approximate surface area is 117 Å². The Morgan fingerprint density at radius 3 is 2.47 bits per heavy atom. The number of thiazole rings is 1. The van der Waals surface area contributed by atoms with Gasteiger partial charge < -0.3 is 5.32 Å². The second-order valence-electron chi connectivity index (χ2n) is 5.70. The molecule has 100 valence electrons. The van der Waals surface area contributed by atoms with Gasteiger partial charge in [-0.15, -0.1) is 11.3 Å². The molecular formula is C15H18N2OS. The Hall–Kier alpha value is -1.68. The zero-order chi connectivity index (χ0) is 13.9. The van der Waals surface area contributed by atoms with Crippen LogP contribution in [0.1, 0.15) is 27.2 Å². The van der Waals surface area contributed by atoms with E-state index >= 15 is 0 Å². The highest BCUT2D eigenvalue weighted by Gasteiger charge is 2.15. The molecule has 1 aromatic carbocycles. The van der Waals surface area contributed by atoms with E-state index in [0.717, 1.165) is 16.3 Å². The van der Waals surface area contributed by atoms with Crippen LogP contribution >= 0.6 is 11.3 Å². The first-order valence-corrected chi connectivity index (χ1v) is 7.12. The topological polar surface area (TPSA) is 42.0 Å². The summed E-state index contributed by atoms with van der Waals surface area (Å²) >= 11 is 1.61. The van der Waals surface area contributed by atoms with Gasteiger partial charge in [-0.1, -0.05) is 20.8 Å². The lowest BCUT2D eigenvalue weighted by atomic mass is 9.92. The van der Waals surface area contributed by atoms with Crippen LogP contribution in [0.4, 0.5) is 5.69 Å². The van der Waals surface area contributed by atoms with E-state index in [-0.39, 0.29) is 11.3 Å². The van der Waals surface area contributed by atoms with Crippen molar-refractivity contribution in [2.45, 2.75) is 27.2 Å². The van der Waals surface area contributed by atoms with Crippen LogP contribution in [0.2, 0.25) is 0 Å². The molecule has 2 aromatic rings. The SMILES string of the molecule is CC(C)(C)CC(=O)Nc1ccc(-c2nccs2)cc1. The van der Waals surface area contributed by atoms with E-state index in [1.54, 1.807) is 17.5 Å². The maximum Gasteiger partial charge on any atom is 0.224 e. The molecule has 1 amide bonds. The summed E-state index contributed by atoms with van der Waals surface area (Å²) in [5.41, 5.74) is 1.91. The van der Waals surface area contributed by atoms with Gasteiger partial charge in [0.05, 0.1) is 0 Å². The van der Waals surface area contributed by atoms with Crippen molar-refractivity contribution in [2.75, 3.05) is 5.32 Å². The number of hydrogen-bond donors (Lipinski definition) is 1. The van der Waals surface area contributed by atoms with E-state index in [1.807, 2.05) is 29.6 Å². The fourth-order valence-electron chi connectivity index (χ4n) is 1.75. The van der Waals surface area contributed by atoms with Crippen LogP contribution < -0.4 is 5.32 Å². The van der Waals surface area contributed by atoms with Gasteiger partial charge in [-0.05, 0) is 29.7 Å². The summed E-state index contributed by atoms with van der Waals surface area (Å²) in [4.78, 5) is 16.1. The summed E-state index contributed by atoms with van der Waals surface area (Å²) in [6, 6.07) is 7.78. The monoisotopic (exact) mass is 274 g/mol. The van der Waals surface area contributed by atoms with Crippen molar-refractivity contribution in [2.24, 2.45) is 5.41 Å². The normalized spacial score (nSPS) is 11.3. The maximum atomic E-state index is 11.8. The number of aromatic nitrogens is 1. The van der Waals surface area contributed by atoms with Crippen LogP contribution in [0.25, 0.3) is 10.6 Å². The van der Waals surface area contributed by atoms with Gasteiger partial charge >= 0.3 is 0 Å². The number of carbonyl (C=O) groups excluding carboxylic acids is 1. The number of benzene rings is 1. The lowest BCUT2D eigenvalue weighted by Crippen LogP contribution is -2.19. The zero-order valence-electron chi connectivity index (χ0n) is 11.4. The highest BCUT2D eigenvalue weighted by molar-refractivity contribution is 7.13. The average molecular weight is 274 g/mol. The molecule has 0 aliphatic carbocycles. The van der Waals surface area contributed by atoms with E-state index in [0.29, 0.717) is 6.42 Å². The molecule has 0 saturated carbocycles. The molecule has 19 heavy (non-hydrogen) atoms. The summed E-state index contributed by atoms with van der Waals surface area (Å²) in [6.07, 6.45) is 2.31. The van der Waals surface area contributed by atoms with Gasteiger partial charge in [0.25, 0.3) is 0 Å². The second-order valence-corrected chi connectivity index (χ2v) is 6.59. The van der Waals surface area contributed by atoms with Crippen LogP contribution in [-0.4, -0.2) is 10.9 Å². The molecule has 4 heteroatoms. The van der Waals surface area contributed by atoms with Gasteiger partial charge in [-0.2, -0.15) is 0 Å². The Kier molecular flexibility index (Phi) is 4.00. The second kappa shape index (κ2) is 5.53. The Morgan fingerprint density at radius 2 is 1.95 bits per heavy atom. The molecule has 1 heterocycles. The number of rotatable bonds is 3. The zero-order valence-corrected chi connectivity index (χ0v) is 12.3. The van der Waals surface area contributed by atoms with Crippen molar-refractivity contribution in [3.05, 3.63) is 35.8 Å². The third kappa shape index (κ3) is 4.17.